The first-order valence-electron chi connectivity index (χ1n) is 6.34. The first kappa shape index (κ1) is 19.6. The number of aromatic nitrogens is 1. The van der Waals surface area contributed by atoms with Crippen molar-refractivity contribution in [3.63, 3.8) is 0 Å². The van der Waals surface area contributed by atoms with Gasteiger partial charge in [0.25, 0.3) is 5.91 Å². The molecule has 0 radical (unpaired) electrons. The zero-order valence-corrected chi connectivity index (χ0v) is 14.6. The Morgan fingerprint density at radius 1 is 1.50 bits per heavy atom. The number of rotatable bonds is 4. The van der Waals surface area contributed by atoms with E-state index < -0.39 is 0 Å². The van der Waals surface area contributed by atoms with E-state index in [0.29, 0.717) is 11.6 Å². The predicted molar refractivity (Wildman–Crippen MR) is 89.0 cm³/mol. The van der Waals surface area contributed by atoms with Crippen LogP contribution in [0, 0.1) is 0 Å². The molecular weight excluding hydrogens is 365 g/mol. The molecule has 20 heavy (non-hydrogen) atoms. The molecule has 114 valence electrons. The standard InChI is InChI=1S/C13H18BrN3O.2ClH/c1-2-5-17(12-3-4-15-9-12)13(18)10-6-11(14)8-16-7-10;;/h6-8,12,15H,2-5,9H2,1H3;2*1H. The van der Waals surface area contributed by atoms with Gasteiger partial charge in [-0.1, -0.05) is 6.92 Å². The smallest absolute Gasteiger partial charge is 0.255 e. The van der Waals surface area contributed by atoms with Gasteiger partial charge in [-0.3, -0.25) is 9.78 Å². The van der Waals surface area contributed by atoms with Gasteiger partial charge in [0.1, 0.15) is 0 Å². The van der Waals surface area contributed by atoms with Gasteiger partial charge < -0.3 is 10.2 Å². The van der Waals surface area contributed by atoms with E-state index in [1.807, 2.05) is 11.0 Å². The van der Waals surface area contributed by atoms with Crippen LogP contribution in [-0.2, 0) is 0 Å². The number of carbonyl (C=O) groups is 1. The van der Waals surface area contributed by atoms with Crippen molar-refractivity contribution in [3.05, 3.63) is 28.5 Å². The summed E-state index contributed by atoms with van der Waals surface area (Å²) in [5.74, 6) is 0.0827. The molecule has 1 aromatic rings. The summed E-state index contributed by atoms with van der Waals surface area (Å²) >= 11 is 3.36. The molecule has 2 heterocycles. The molecule has 0 aromatic carbocycles. The molecule has 0 saturated carbocycles. The van der Waals surface area contributed by atoms with Gasteiger partial charge in [-0.25, -0.2) is 0 Å². The van der Waals surface area contributed by atoms with Crippen LogP contribution in [0.4, 0.5) is 0 Å². The molecule has 1 aliphatic heterocycles. The molecule has 1 unspecified atom stereocenters. The third kappa shape index (κ3) is 4.88. The van der Waals surface area contributed by atoms with E-state index in [1.54, 1.807) is 12.4 Å². The van der Waals surface area contributed by atoms with Crippen LogP contribution >= 0.6 is 40.7 Å². The summed E-state index contributed by atoms with van der Waals surface area (Å²) in [5, 5.41) is 3.31. The third-order valence-electron chi connectivity index (χ3n) is 3.15. The Balaban J connectivity index is 0.00000180. The number of hydrogen-bond acceptors (Lipinski definition) is 3. The number of hydrogen-bond donors (Lipinski definition) is 1. The van der Waals surface area contributed by atoms with Crippen molar-refractivity contribution in [2.24, 2.45) is 0 Å². The van der Waals surface area contributed by atoms with Crippen LogP contribution in [0.15, 0.2) is 22.9 Å². The maximum atomic E-state index is 12.5. The Morgan fingerprint density at radius 2 is 2.25 bits per heavy atom. The molecule has 1 aliphatic rings. The molecule has 1 atom stereocenters. The molecule has 0 spiro atoms. The SMILES string of the molecule is CCCN(C(=O)c1cncc(Br)c1)C1CCNC1.Cl.Cl. The van der Waals surface area contributed by atoms with Gasteiger partial charge in [0, 0.05) is 36.0 Å². The topological polar surface area (TPSA) is 45.2 Å². The average Bonchev–Trinajstić information content (AvgIpc) is 2.89. The van der Waals surface area contributed by atoms with Crippen molar-refractivity contribution >= 4 is 46.7 Å². The highest BCUT2D eigenvalue weighted by Crippen LogP contribution is 2.16. The zero-order valence-electron chi connectivity index (χ0n) is 11.3. The lowest BCUT2D eigenvalue weighted by Crippen LogP contribution is -2.42. The summed E-state index contributed by atoms with van der Waals surface area (Å²) in [6.07, 6.45) is 5.34. The Bertz CT molecular complexity index is 428. The molecule has 1 N–H and O–H groups in total. The fraction of sp³-hybridized carbons (Fsp3) is 0.538. The quantitative estimate of drug-likeness (QED) is 0.867. The van der Waals surface area contributed by atoms with E-state index in [1.165, 1.54) is 0 Å². The second-order valence-electron chi connectivity index (χ2n) is 4.54. The van der Waals surface area contributed by atoms with Crippen LogP contribution in [0.5, 0.6) is 0 Å². The number of carbonyl (C=O) groups excluding carboxylic acids is 1. The Hall–Kier alpha value is -0.360. The van der Waals surface area contributed by atoms with Crippen LogP contribution in [0.1, 0.15) is 30.1 Å². The van der Waals surface area contributed by atoms with Crippen LogP contribution < -0.4 is 5.32 Å². The normalized spacial score (nSPS) is 17.0. The molecular formula is C13H20BrCl2N3O. The lowest BCUT2D eigenvalue weighted by molar-refractivity contribution is 0.0691. The molecule has 7 heteroatoms. The van der Waals surface area contributed by atoms with Gasteiger partial charge in [-0.2, -0.15) is 0 Å². The summed E-state index contributed by atoms with van der Waals surface area (Å²) in [6, 6.07) is 2.15. The number of nitrogens with zero attached hydrogens (tertiary/aromatic N) is 2. The second-order valence-corrected chi connectivity index (χ2v) is 5.45. The van der Waals surface area contributed by atoms with Crippen molar-refractivity contribution in [1.82, 2.24) is 15.2 Å². The average molecular weight is 385 g/mol. The van der Waals surface area contributed by atoms with E-state index >= 15 is 0 Å². The summed E-state index contributed by atoms with van der Waals surface area (Å²) in [6.45, 7) is 4.79. The molecule has 1 fully saturated rings. The highest BCUT2D eigenvalue weighted by atomic mass is 79.9. The Kier molecular flexibility index (Phi) is 9.38. The number of halogens is 3. The van der Waals surface area contributed by atoms with Gasteiger partial charge in [-0.05, 0) is 41.4 Å². The van der Waals surface area contributed by atoms with E-state index in [2.05, 4.69) is 33.2 Å². The lowest BCUT2D eigenvalue weighted by atomic mass is 10.1. The third-order valence-corrected chi connectivity index (χ3v) is 3.59. The van der Waals surface area contributed by atoms with Gasteiger partial charge in [0.15, 0.2) is 0 Å². The lowest BCUT2D eigenvalue weighted by Gasteiger charge is -2.28. The van der Waals surface area contributed by atoms with Crippen molar-refractivity contribution in [2.45, 2.75) is 25.8 Å². The van der Waals surface area contributed by atoms with E-state index in [4.69, 9.17) is 0 Å². The Morgan fingerprint density at radius 3 is 2.80 bits per heavy atom. The number of amides is 1. The molecule has 4 nitrogen and oxygen atoms in total. The maximum absolute atomic E-state index is 12.5. The zero-order chi connectivity index (χ0) is 13.0. The molecule has 0 bridgehead atoms. The van der Waals surface area contributed by atoms with Crippen molar-refractivity contribution in [2.75, 3.05) is 19.6 Å². The van der Waals surface area contributed by atoms with Crippen LogP contribution in [0.3, 0.4) is 0 Å². The fourth-order valence-electron chi connectivity index (χ4n) is 2.29. The van der Waals surface area contributed by atoms with Crippen LogP contribution in [0.25, 0.3) is 0 Å². The summed E-state index contributed by atoms with van der Waals surface area (Å²) < 4.78 is 0.842. The number of nitrogens with one attached hydrogen (secondary N) is 1. The predicted octanol–water partition coefficient (Wildman–Crippen LogP) is 2.90. The first-order chi connectivity index (χ1) is 8.72. The van der Waals surface area contributed by atoms with Gasteiger partial charge in [0.05, 0.1) is 5.56 Å². The largest absolute Gasteiger partial charge is 0.334 e. The minimum atomic E-state index is 0. The van der Waals surface area contributed by atoms with Crippen molar-refractivity contribution < 1.29 is 4.79 Å². The maximum Gasteiger partial charge on any atom is 0.255 e. The summed E-state index contributed by atoms with van der Waals surface area (Å²) in [7, 11) is 0. The highest BCUT2D eigenvalue weighted by Gasteiger charge is 2.26. The second kappa shape index (κ2) is 9.55. The molecule has 1 saturated heterocycles. The number of pyridine rings is 1. The van der Waals surface area contributed by atoms with Crippen LogP contribution in [0.2, 0.25) is 0 Å². The van der Waals surface area contributed by atoms with Gasteiger partial charge >= 0.3 is 0 Å². The van der Waals surface area contributed by atoms with Crippen LogP contribution in [-0.4, -0.2) is 41.5 Å². The van der Waals surface area contributed by atoms with E-state index in [0.717, 1.165) is 36.9 Å². The van der Waals surface area contributed by atoms with Crippen molar-refractivity contribution in [3.8, 4) is 0 Å². The van der Waals surface area contributed by atoms with Gasteiger partial charge in [0.2, 0.25) is 0 Å². The van der Waals surface area contributed by atoms with Gasteiger partial charge in [-0.15, -0.1) is 24.8 Å². The molecule has 1 aromatic heterocycles. The molecule has 2 rings (SSSR count). The summed E-state index contributed by atoms with van der Waals surface area (Å²) in [4.78, 5) is 18.6. The van der Waals surface area contributed by atoms with Crippen molar-refractivity contribution in [1.29, 1.82) is 0 Å². The first-order valence-corrected chi connectivity index (χ1v) is 7.14. The molecule has 1 amide bonds. The minimum Gasteiger partial charge on any atom is -0.334 e. The Labute approximate surface area is 140 Å². The molecule has 0 aliphatic carbocycles. The van der Waals surface area contributed by atoms with E-state index in [9.17, 15) is 4.79 Å². The highest BCUT2D eigenvalue weighted by molar-refractivity contribution is 9.10. The van der Waals surface area contributed by atoms with E-state index in [-0.39, 0.29) is 30.7 Å². The summed E-state index contributed by atoms with van der Waals surface area (Å²) in [5.41, 5.74) is 0.657. The monoisotopic (exact) mass is 383 g/mol. The minimum absolute atomic E-state index is 0. The fourth-order valence-corrected chi connectivity index (χ4v) is 2.66.